The topological polar surface area (TPSA) is 81.9 Å². The maximum absolute atomic E-state index is 12.4. The van der Waals surface area contributed by atoms with Crippen LogP contribution in [0.25, 0.3) is 0 Å². The molecule has 6 nitrogen and oxygen atoms in total. The highest BCUT2D eigenvalue weighted by atomic mass is 35.5. The van der Waals surface area contributed by atoms with E-state index in [-0.39, 0.29) is 17.2 Å². The summed E-state index contributed by atoms with van der Waals surface area (Å²) >= 11 is 6.89. The lowest BCUT2D eigenvalue weighted by Crippen LogP contribution is -2.36. The summed E-state index contributed by atoms with van der Waals surface area (Å²) in [6.45, 7) is 0.517. The van der Waals surface area contributed by atoms with E-state index >= 15 is 0 Å². The molecule has 3 rings (SSSR count). The van der Waals surface area contributed by atoms with Crippen LogP contribution in [0.15, 0.2) is 24.5 Å². The molecule has 2 heterocycles. The molecule has 1 aliphatic rings. The van der Waals surface area contributed by atoms with Gasteiger partial charge < -0.3 is 4.90 Å². The van der Waals surface area contributed by atoms with Crippen molar-refractivity contribution in [3.8, 4) is 6.07 Å². The Hall–Kier alpha value is -2.17. The normalized spacial score (nSPS) is 13.5. The first kappa shape index (κ1) is 14.8. The first-order chi connectivity index (χ1) is 10.7. The maximum Gasteiger partial charge on any atom is 0.324 e. The van der Waals surface area contributed by atoms with Gasteiger partial charge in [-0.2, -0.15) is 5.26 Å². The molecule has 0 bridgehead atoms. The van der Waals surface area contributed by atoms with Crippen LogP contribution in [0.5, 0.6) is 0 Å². The zero-order valence-corrected chi connectivity index (χ0v) is 13.1. The van der Waals surface area contributed by atoms with E-state index in [1.54, 1.807) is 17.3 Å². The smallest absolute Gasteiger partial charge is 0.317 e. The minimum atomic E-state index is -0.228. The van der Waals surface area contributed by atoms with E-state index in [0.29, 0.717) is 16.6 Å². The number of amides is 2. The molecule has 2 amide bonds. The SMILES string of the molecule is N#Cc1sc(NC(=O)N(Cc2ccncc2)C2CC2)nc1Cl. The first-order valence-corrected chi connectivity index (χ1v) is 7.90. The fourth-order valence-electron chi connectivity index (χ4n) is 2.03. The van der Waals surface area contributed by atoms with Crippen molar-refractivity contribution in [2.45, 2.75) is 25.4 Å². The minimum absolute atomic E-state index is 0.120. The van der Waals surface area contributed by atoms with Crippen LogP contribution in [-0.2, 0) is 6.54 Å². The number of thiazole rings is 1. The van der Waals surface area contributed by atoms with Crippen LogP contribution in [0.1, 0.15) is 23.3 Å². The molecule has 2 aromatic rings. The van der Waals surface area contributed by atoms with Crippen LogP contribution in [0.2, 0.25) is 5.15 Å². The molecule has 1 aliphatic carbocycles. The lowest BCUT2D eigenvalue weighted by atomic mass is 10.2. The fraction of sp³-hybridized carbons (Fsp3) is 0.286. The van der Waals surface area contributed by atoms with Gasteiger partial charge in [0.05, 0.1) is 0 Å². The summed E-state index contributed by atoms with van der Waals surface area (Å²) in [5, 5.41) is 12.1. The van der Waals surface area contributed by atoms with E-state index in [4.69, 9.17) is 16.9 Å². The summed E-state index contributed by atoms with van der Waals surface area (Å²) < 4.78 is 0. The molecule has 2 aromatic heterocycles. The number of hydrogen-bond acceptors (Lipinski definition) is 5. The van der Waals surface area contributed by atoms with Crippen molar-refractivity contribution in [2.24, 2.45) is 0 Å². The predicted molar refractivity (Wildman–Crippen MR) is 83.7 cm³/mol. The van der Waals surface area contributed by atoms with E-state index < -0.39 is 0 Å². The molecule has 0 aromatic carbocycles. The Bertz CT molecular complexity index is 723. The average Bonchev–Trinajstić information content (AvgIpc) is 3.29. The molecule has 1 saturated carbocycles. The number of hydrogen-bond donors (Lipinski definition) is 1. The maximum atomic E-state index is 12.4. The zero-order valence-electron chi connectivity index (χ0n) is 11.5. The molecule has 1 fully saturated rings. The summed E-state index contributed by atoms with van der Waals surface area (Å²) in [5.74, 6) is 0. The van der Waals surface area contributed by atoms with Crippen molar-refractivity contribution in [1.29, 1.82) is 5.26 Å². The van der Waals surface area contributed by atoms with E-state index in [1.165, 1.54) is 0 Å². The van der Waals surface area contributed by atoms with Gasteiger partial charge in [-0.1, -0.05) is 22.9 Å². The molecule has 0 atom stereocenters. The Labute approximate surface area is 136 Å². The number of carbonyl (C=O) groups excluding carboxylic acids is 1. The van der Waals surface area contributed by atoms with Gasteiger partial charge in [-0.15, -0.1) is 0 Å². The second-order valence-corrected chi connectivity index (χ2v) is 6.25. The Balaban J connectivity index is 1.71. The second kappa shape index (κ2) is 6.30. The molecule has 0 saturated heterocycles. The van der Waals surface area contributed by atoms with Crippen LogP contribution in [0.4, 0.5) is 9.93 Å². The van der Waals surface area contributed by atoms with E-state index in [2.05, 4.69) is 15.3 Å². The van der Waals surface area contributed by atoms with Gasteiger partial charge >= 0.3 is 6.03 Å². The number of nitrogens with one attached hydrogen (secondary N) is 1. The molecule has 0 unspecified atom stereocenters. The molecule has 8 heteroatoms. The number of nitrogens with zero attached hydrogens (tertiary/aromatic N) is 4. The summed E-state index contributed by atoms with van der Waals surface area (Å²) in [6.07, 6.45) is 5.41. The number of rotatable bonds is 4. The van der Waals surface area contributed by atoms with E-state index in [0.717, 1.165) is 29.7 Å². The van der Waals surface area contributed by atoms with Crippen LogP contribution in [-0.4, -0.2) is 26.9 Å². The Morgan fingerprint density at radius 1 is 1.50 bits per heavy atom. The summed E-state index contributed by atoms with van der Waals surface area (Å²) in [7, 11) is 0. The monoisotopic (exact) mass is 333 g/mol. The highest BCUT2D eigenvalue weighted by Gasteiger charge is 2.33. The summed E-state index contributed by atoms with van der Waals surface area (Å²) in [6, 6.07) is 5.74. The molecule has 112 valence electrons. The highest BCUT2D eigenvalue weighted by Crippen LogP contribution is 2.30. The number of carbonyl (C=O) groups is 1. The third kappa shape index (κ3) is 3.35. The quantitative estimate of drug-likeness (QED) is 0.931. The van der Waals surface area contributed by atoms with Gasteiger partial charge in [0, 0.05) is 25.0 Å². The van der Waals surface area contributed by atoms with Crippen molar-refractivity contribution in [3.05, 3.63) is 40.1 Å². The van der Waals surface area contributed by atoms with Gasteiger partial charge in [-0.05, 0) is 30.5 Å². The lowest BCUT2D eigenvalue weighted by molar-refractivity contribution is 0.206. The lowest BCUT2D eigenvalue weighted by Gasteiger charge is -2.22. The van der Waals surface area contributed by atoms with E-state index in [1.807, 2.05) is 18.2 Å². The van der Waals surface area contributed by atoms with Crippen molar-refractivity contribution >= 4 is 34.1 Å². The third-order valence-corrected chi connectivity index (χ3v) is 4.51. The summed E-state index contributed by atoms with van der Waals surface area (Å²) in [5.41, 5.74) is 1.02. The number of anilines is 1. The van der Waals surface area contributed by atoms with Gasteiger partial charge in [-0.3, -0.25) is 10.3 Å². The van der Waals surface area contributed by atoms with Crippen molar-refractivity contribution in [1.82, 2.24) is 14.9 Å². The molecule has 0 aliphatic heterocycles. The average molecular weight is 334 g/mol. The number of halogens is 1. The molecule has 0 radical (unpaired) electrons. The Kier molecular flexibility index (Phi) is 4.22. The van der Waals surface area contributed by atoms with Gasteiger partial charge in [0.1, 0.15) is 10.9 Å². The Morgan fingerprint density at radius 2 is 2.23 bits per heavy atom. The minimum Gasteiger partial charge on any atom is -0.317 e. The Morgan fingerprint density at radius 3 is 2.82 bits per heavy atom. The van der Waals surface area contributed by atoms with Crippen LogP contribution in [0.3, 0.4) is 0 Å². The third-order valence-electron chi connectivity index (χ3n) is 3.25. The number of nitriles is 1. The van der Waals surface area contributed by atoms with E-state index in [9.17, 15) is 4.79 Å². The fourth-order valence-corrected chi connectivity index (χ4v) is 2.96. The van der Waals surface area contributed by atoms with Gasteiger partial charge in [0.2, 0.25) is 0 Å². The number of pyridine rings is 1. The van der Waals surface area contributed by atoms with Crippen molar-refractivity contribution in [3.63, 3.8) is 0 Å². The number of aromatic nitrogens is 2. The first-order valence-electron chi connectivity index (χ1n) is 6.70. The second-order valence-electron chi connectivity index (χ2n) is 4.90. The van der Waals surface area contributed by atoms with Crippen molar-refractivity contribution in [2.75, 3.05) is 5.32 Å². The largest absolute Gasteiger partial charge is 0.324 e. The van der Waals surface area contributed by atoms with Gasteiger partial charge in [0.15, 0.2) is 10.3 Å². The van der Waals surface area contributed by atoms with Crippen LogP contribution >= 0.6 is 22.9 Å². The van der Waals surface area contributed by atoms with Gasteiger partial charge in [-0.25, -0.2) is 9.78 Å². The van der Waals surface area contributed by atoms with Crippen molar-refractivity contribution < 1.29 is 4.79 Å². The van der Waals surface area contributed by atoms with Crippen LogP contribution in [0, 0.1) is 11.3 Å². The molecular formula is C14H12ClN5OS. The van der Waals surface area contributed by atoms with Crippen LogP contribution < -0.4 is 5.32 Å². The molecule has 0 spiro atoms. The predicted octanol–water partition coefficient (Wildman–Crippen LogP) is 3.26. The number of urea groups is 1. The van der Waals surface area contributed by atoms with Gasteiger partial charge in [0.25, 0.3) is 0 Å². The molecular weight excluding hydrogens is 322 g/mol. The molecule has 22 heavy (non-hydrogen) atoms. The molecule has 1 N–H and O–H groups in total. The zero-order chi connectivity index (χ0) is 15.5. The highest BCUT2D eigenvalue weighted by molar-refractivity contribution is 7.16. The summed E-state index contributed by atoms with van der Waals surface area (Å²) in [4.78, 5) is 22.5. The standard InChI is InChI=1S/C14H12ClN5OS/c15-12-11(7-16)22-13(18-12)19-14(21)20(10-1-2-10)8-9-3-5-17-6-4-9/h3-6,10H,1-2,8H2,(H,18,19,21).